The lowest BCUT2D eigenvalue weighted by Crippen LogP contribution is -2.42. The molecule has 4 rings (SSSR count). The summed E-state index contributed by atoms with van der Waals surface area (Å²) < 4.78 is 10.5. The largest absolute Gasteiger partial charge is 0.466 e. The van der Waals surface area contributed by atoms with Crippen LogP contribution in [0, 0.1) is 5.92 Å². The minimum atomic E-state index is -0.459. The van der Waals surface area contributed by atoms with E-state index < -0.39 is 12.0 Å². The number of benzene rings is 1. The summed E-state index contributed by atoms with van der Waals surface area (Å²) in [6.07, 6.45) is 2.91. The van der Waals surface area contributed by atoms with Gasteiger partial charge >= 0.3 is 11.9 Å². The topological polar surface area (TPSA) is 88.5 Å². The standard InChI is InChI=1S/C27H31N3O5S/c1-4-15-35-26(33)23-18(3)28-27-30(24(23)19-9-7-6-8-10-19)21(17-36-27)16-22(31)29-13-11-20(12-14-29)25(32)34-5-2/h4,6-10,17,20,24H,1,5,11-16H2,2-3H3. The number of nitrogens with zero attached hydrogens (tertiary/aromatic N) is 3. The molecule has 1 atom stereocenters. The number of carbonyl (C=O) groups is 3. The summed E-state index contributed by atoms with van der Waals surface area (Å²) in [7, 11) is 0. The van der Waals surface area contributed by atoms with Crippen molar-refractivity contribution in [2.24, 2.45) is 10.9 Å². The van der Waals surface area contributed by atoms with Crippen molar-refractivity contribution in [2.45, 2.75) is 39.2 Å². The van der Waals surface area contributed by atoms with Gasteiger partial charge in [-0.15, -0.1) is 0 Å². The number of fused-ring (bicyclic) bond motifs is 1. The van der Waals surface area contributed by atoms with E-state index in [1.54, 1.807) is 11.8 Å². The maximum Gasteiger partial charge on any atom is 0.338 e. The number of amidine groups is 1. The maximum absolute atomic E-state index is 13.3. The zero-order valence-electron chi connectivity index (χ0n) is 20.6. The van der Waals surface area contributed by atoms with Gasteiger partial charge in [0.1, 0.15) is 6.61 Å². The number of amides is 1. The first kappa shape index (κ1) is 25.8. The molecule has 1 aromatic rings. The van der Waals surface area contributed by atoms with Gasteiger partial charge in [-0.3, -0.25) is 9.59 Å². The van der Waals surface area contributed by atoms with Gasteiger partial charge in [0, 0.05) is 18.8 Å². The molecular formula is C27H31N3O5S. The van der Waals surface area contributed by atoms with Gasteiger partial charge < -0.3 is 19.3 Å². The molecule has 0 bridgehead atoms. The summed E-state index contributed by atoms with van der Waals surface area (Å²) in [6, 6.07) is 9.24. The number of allylic oxidation sites excluding steroid dienone is 1. The predicted octanol–water partition coefficient (Wildman–Crippen LogP) is 4.18. The molecule has 1 fully saturated rings. The highest BCUT2D eigenvalue weighted by Crippen LogP contribution is 2.45. The molecule has 1 amide bonds. The van der Waals surface area contributed by atoms with E-state index in [9.17, 15) is 14.4 Å². The molecule has 1 aromatic carbocycles. The molecule has 0 radical (unpaired) electrons. The Kier molecular flexibility index (Phi) is 8.30. The van der Waals surface area contributed by atoms with Crippen LogP contribution in [0.1, 0.15) is 44.7 Å². The van der Waals surface area contributed by atoms with Crippen molar-refractivity contribution in [1.82, 2.24) is 9.80 Å². The van der Waals surface area contributed by atoms with Gasteiger partial charge in [-0.2, -0.15) is 0 Å². The zero-order chi connectivity index (χ0) is 25.7. The number of likely N-dealkylation sites (tertiary alicyclic amines) is 1. The minimum Gasteiger partial charge on any atom is -0.466 e. The van der Waals surface area contributed by atoms with E-state index in [0.717, 1.165) is 16.4 Å². The molecule has 3 heterocycles. The molecule has 9 heteroatoms. The van der Waals surface area contributed by atoms with Crippen molar-refractivity contribution in [3.05, 3.63) is 70.9 Å². The molecule has 1 saturated heterocycles. The van der Waals surface area contributed by atoms with Gasteiger partial charge in [0.25, 0.3) is 0 Å². The summed E-state index contributed by atoms with van der Waals surface area (Å²) in [6.45, 7) is 8.74. The highest BCUT2D eigenvalue weighted by molar-refractivity contribution is 8.16. The van der Waals surface area contributed by atoms with Crippen LogP contribution < -0.4 is 0 Å². The third-order valence-corrected chi connectivity index (χ3v) is 7.36. The zero-order valence-corrected chi connectivity index (χ0v) is 21.5. The van der Waals surface area contributed by atoms with E-state index in [1.165, 1.54) is 17.8 Å². The Hall–Kier alpha value is -3.33. The highest BCUT2D eigenvalue weighted by Gasteiger charge is 2.41. The predicted molar refractivity (Wildman–Crippen MR) is 139 cm³/mol. The molecule has 8 nitrogen and oxygen atoms in total. The van der Waals surface area contributed by atoms with Crippen LogP contribution in [0.5, 0.6) is 0 Å². The summed E-state index contributed by atoms with van der Waals surface area (Å²) >= 11 is 1.45. The third kappa shape index (κ3) is 5.41. The lowest BCUT2D eigenvalue weighted by atomic mass is 9.93. The van der Waals surface area contributed by atoms with Crippen molar-refractivity contribution in [3.63, 3.8) is 0 Å². The minimum absolute atomic E-state index is 0.0146. The molecule has 3 aliphatic heterocycles. The number of thioether (sulfide) groups is 1. The smallest absolute Gasteiger partial charge is 0.338 e. The molecule has 0 aliphatic carbocycles. The van der Waals surface area contributed by atoms with Gasteiger partial charge in [0.2, 0.25) is 5.91 Å². The average Bonchev–Trinajstić information content (AvgIpc) is 3.28. The second-order valence-corrected chi connectivity index (χ2v) is 9.61. The van der Waals surface area contributed by atoms with E-state index in [-0.39, 0.29) is 30.8 Å². The van der Waals surface area contributed by atoms with Crippen LogP contribution in [0.15, 0.2) is 70.4 Å². The number of carbonyl (C=O) groups excluding carboxylic acids is 3. The van der Waals surface area contributed by atoms with Crippen molar-refractivity contribution in [1.29, 1.82) is 0 Å². The lowest BCUT2D eigenvalue weighted by Gasteiger charge is -2.37. The van der Waals surface area contributed by atoms with Crippen molar-refractivity contribution >= 4 is 34.8 Å². The van der Waals surface area contributed by atoms with E-state index >= 15 is 0 Å². The van der Waals surface area contributed by atoms with Crippen LogP contribution in [-0.4, -0.2) is 59.1 Å². The van der Waals surface area contributed by atoms with Gasteiger partial charge in [-0.25, -0.2) is 9.79 Å². The Morgan fingerprint density at radius 3 is 2.56 bits per heavy atom. The molecule has 3 aliphatic rings. The Labute approximate surface area is 215 Å². The molecule has 0 spiro atoms. The molecule has 1 unspecified atom stereocenters. The first-order valence-electron chi connectivity index (χ1n) is 12.2. The highest BCUT2D eigenvalue weighted by atomic mass is 32.2. The Morgan fingerprint density at radius 2 is 1.89 bits per heavy atom. The summed E-state index contributed by atoms with van der Waals surface area (Å²) in [5.41, 5.74) is 2.74. The maximum atomic E-state index is 13.3. The second-order valence-electron chi connectivity index (χ2n) is 8.77. The number of piperidine rings is 1. The fourth-order valence-corrected chi connectivity index (χ4v) is 5.65. The molecule has 190 valence electrons. The number of rotatable bonds is 8. The Morgan fingerprint density at radius 1 is 1.17 bits per heavy atom. The average molecular weight is 510 g/mol. The van der Waals surface area contributed by atoms with Crippen LogP contribution in [-0.2, 0) is 23.9 Å². The number of hydrogen-bond acceptors (Lipinski definition) is 8. The monoisotopic (exact) mass is 509 g/mol. The lowest BCUT2D eigenvalue weighted by molar-refractivity contribution is -0.151. The van der Waals surface area contributed by atoms with Crippen LogP contribution in [0.25, 0.3) is 0 Å². The van der Waals surface area contributed by atoms with E-state index in [1.807, 2.05) is 47.6 Å². The number of ether oxygens (including phenoxy) is 2. The van der Waals surface area contributed by atoms with Crippen LogP contribution in [0.3, 0.4) is 0 Å². The van der Waals surface area contributed by atoms with Crippen molar-refractivity contribution < 1.29 is 23.9 Å². The molecule has 0 saturated carbocycles. The fraction of sp³-hybridized carbons (Fsp3) is 0.407. The number of aliphatic imine (C=N–C) groups is 1. The summed E-state index contributed by atoms with van der Waals surface area (Å²) in [4.78, 5) is 46.9. The van der Waals surface area contributed by atoms with Crippen LogP contribution in [0.4, 0.5) is 0 Å². The quantitative estimate of drug-likeness (QED) is 0.384. The second kappa shape index (κ2) is 11.6. The van der Waals surface area contributed by atoms with E-state index in [4.69, 9.17) is 9.47 Å². The first-order chi connectivity index (χ1) is 17.4. The van der Waals surface area contributed by atoms with Crippen LogP contribution in [0.2, 0.25) is 0 Å². The fourth-order valence-electron chi connectivity index (χ4n) is 4.69. The first-order valence-corrected chi connectivity index (χ1v) is 13.0. The van der Waals surface area contributed by atoms with Crippen molar-refractivity contribution in [3.8, 4) is 0 Å². The van der Waals surface area contributed by atoms with Crippen LogP contribution >= 0.6 is 11.8 Å². The summed E-state index contributed by atoms with van der Waals surface area (Å²) in [5, 5.41) is 2.66. The van der Waals surface area contributed by atoms with Gasteiger partial charge in [0.15, 0.2) is 5.17 Å². The van der Waals surface area contributed by atoms with E-state index in [2.05, 4.69) is 11.6 Å². The van der Waals surface area contributed by atoms with E-state index in [0.29, 0.717) is 43.8 Å². The van der Waals surface area contributed by atoms with Gasteiger partial charge in [0.05, 0.1) is 36.3 Å². The normalized spacial score (nSPS) is 19.9. The molecule has 36 heavy (non-hydrogen) atoms. The molecular weight excluding hydrogens is 478 g/mol. The molecule has 0 aromatic heterocycles. The molecule has 0 N–H and O–H groups in total. The number of hydrogen-bond donors (Lipinski definition) is 0. The number of esters is 2. The Bertz CT molecular complexity index is 1120. The summed E-state index contributed by atoms with van der Waals surface area (Å²) in [5.74, 6) is -0.805. The SMILES string of the molecule is C=CCOC(=O)C1=C(C)N=C2SC=C(CC(=O)N3CCC(C(=O)OCC)CC3)N2C1c1ccccc1. The third-order valence-electron chi connectivity index (χ3n) is 6.47. The van der Waals surface area contributed by atoms with Gasteiger partial charge in [-0.1, -0.05) is 54.7 Å². The Balaban J connectivity index is 1.53. The van der Waals surface area contributed by atoms with Gasteiger partial charge in [-0.05, 0) is 37.7 Å². The van der Waals surface area contributed by atoms with Crippen molar-refractivity contribution in [2.75, 3.05) is 26.3 Å².